The van der Waals surface area contributed by atoms with Crippen molar-refractivity contribution in [3.05, 3.63) is 85.3 Å². The van der Waals surface area contributed by atoms with Crippen molar-refractivity contribution in [3.8, 4) is 0 Å². The van der Waals surface area contributed by atoms with Gasteiger partial charge >= 0.3 is 0 Å². The Labute approximate surface area is 166 Å². The van der Waals surface area contributed by atoms with Crippen molar-refractivity contribution >= 4 is 48.9 Å². The largest absolute Gasteiger partial charge is 0.306 e. The van der Waals surface area contributed by atoms with Crippen molar-refractivity contribution in [1.29, 1.82) is 0 Å². The summed E-state index contributed by atoms with van der Waals surface area (Å²) in [5.74, 6) is 0. The number of pyridine rings is 3. The fourth-order valence-electron chi connectivity index (χ4n) is 4.22. The van der Waals surface area contributed by atoms with Crippen LogP contribution in [-0.4, -0.2) is 4.40 Å². The maximum Gasteiger partial charge on any atom is 0.197 e. The summed E-state index contributed by atoms with van der Waals surface area (Å²) in [5.41, 5.74) is 1.37. The van der Waals surface area contributed by atoms with Crippen LogP contribution in [-0.2, 0) is 0 Å². The molecule has 0 amide bonds. The van der Waals surface area contributed by atoms with E-state index in [0.717, 1.165) is 0 Å². The molecule has 6 rings (SSSR count). The summed E-state index contributed by atoms with van der Waals surface area (Å²) >= 11 is 0. The molecule has 0 aliphatic carbocycles. The van der Waals surface area contributed by atoms with Gasteiger partial charge in [-0.25, -0.2) is 0 Å². The highest BCUT2D eigenvalue weighted by Crippen LogP contribution is 2.31. The zero-order valence-corrected chi connectivity index (χ0v) is 16.9. The van der Waals surface area contributed by atoms with Crippen LogP contribution in [0.25, 0.3) is 48.9 Å². The second-order valence-corrected chi connectivity index (χ2v) is 6.43. The van der Waals surface area contributed by atoms with Gasteiger partial charge in [-0.15, -0.1) is 0 Å². The quantitative estimate of drug-likeness (QED) is 0.274. The van der Waals surface area contributed by atoms with E-state index in [2.05, 4.69) is 0 Å². The van der Waals surface area contributed by atoms with E-state index in [-0.39, 0.29) is 16.3 Å². The van der Waals surface area contributed by atoms with Crippen molar-refractivity contribution in [3.63, 3.8) is 0 Å². The molecule has 0 N–H and O–H groups in total. The summed E-state index contributed by atoms with van der Waals surface area (Å²) < 4.78 is 1.93. The molecular weight excluding hydrogens is 362 g/mol. The topological polar surface area (TPSA) is 55.6 Å². The lowest BCUT2D eigenvalue weighted by Gasteiger charge is -2.17. The van der Waals surface area contributed by atoms with Crippen LogP contribution in [0.2, 0.25) is 0 Å². The highest BCUT2D eigenvalue weighted by atomic mass is 16.1. The molecule has 0 aliphatic rings. The predicted octanol–water partition coefficient (Wildman–Crippen LogP) is 5.00. The van der Waals surface area contributed by atoms with Gasteiger partial charge in [-0.1, -0.05) is 45.9 Å². The standard InChI is InChI=1S/C21H9NO3.2C2H6/c23-19-10-4-1-5-11-16(10)22-17-12(19)6-2-8-14(17)21(25)15-9-3-7-13(18(15)22)20(11)24;2*1-2/h1-9H;2*1-2H3. The van der Waals surface area contributed by atoms with Crippen LogP contribution in [0.1, 0.15) is 27.7 Å². The van der Waals surface area contributed by atoms with Crippen LogP contribution in [0.3, 0.4) is 0 Å². The Morgan fingerprint density at radius 2 is 0.655 bits per heavy atom. The Morgan fingerprint density at radius 1 is 0.448 bits per heavy atom. The Kier molecular flexibility index (Phi) is 4.42. The molecule has 3 heterocycles. The van der Waals surface area contributed by atoms with Gasteiger partial charge in [0.1, 0.15) is 0 Å². The van der Waals surface area contributed by atoms with E-state index in [4.69, 9.17) is 0 Å². The van der Waals surface area contributed by atoms with Crippen molar-refractivity contribution in [1.82, 2.24) is 4.40 Å². The van der Waals surface area contributed by atoms with Gasteiger partial charge in [0.2, 0.25) is 0 Å². The van der Waals surface area contributed by atoms with Crippen molar-refractivity contribution in [2.75, 3.05) is 0 Å². The Balaban J connectivity index is 0.000000485. The van der Waals surface area contributed by atoms with Crippen LogP contribution < -0.4 is 16.3 Å². The Bertz CT molecular complexity index is 1350. The highest BCUT2D eigenvalue weighted by Gasteiger charge is 2.21. The van der Waals surface area contributed by atoms with Gasteiger partial charge in [-0.3, -0.25) is 14.4 Å². The number of benzene rings is 3. The van der Waals surface area contributed by atoms with Crippen molar-refractivity contribution in [2.45, 2.75) is 27.7 Å². The smallest absolute Gasteiger partial charge is 0.197 e. The minimum absolute atomic E-state index is 0.145. The fourth-order valence-corrected chi connectivity index (χ4v) is 4.22. The van der Waals surface area contributed by atoms with E-state index < -0.39 is 0 Å². The van der Waals surface area contributed by atoms with Gasteiger partial charge in [0.05, 0.1) is 16.6 Å². The first-order valence-electron chi connectivity index (χ1n) is 10.0. The maximum atomic E-state index is 13.0. The second-order valence-electron chi connectivity index (χ2n) is 6.43. The molecule has 144 valence electrons. The average Bonchev–Trinajstić information content (AvgIpc) is 2.79. The van der Waals surface area contributed by atoms with Gasteiger partial charge in [-0.05, 0) is 36.4 Å². The molecule has 0 radical (unpaired) electrons. The molecule has 0 bridgehead atoms. The molecule has 0 spiro atoms. The Hall–Kier alpha value is -3.53. The monoisotopic (exact) mass is 383 g/mol. The molecule has 0 saturated heterocycles. The van der Waals surface area contributed by atoms with Crippen molar-refractivity contribution < 1.29 is 0 Å². The van der Waals surface area contributed by atoms with Crippen LogP contribution in [0.15, 0.2) is 69.0 Å². The molecular formula is C25H21NO3. The van der Waals surface area contributed by atoms with E-state index in [0.29, 0.717) is 48.9 Å². The van der Waals surface area contributed by atoms with Crippen LogP contribution in [0.5, 0.6) is 0 Å². The lowest BCUT2D eigenvalue weighted by molar-refractivity contribution is 1.31. The number of aromatic nitrogens is 1. The molecule has 29 heavy (non-hydrogen) atoms. The Morgan fingerprint density at radius 3 is 0.862 bits per heavy atom. The second kappa shape index (κ2) is 6.82. The van der Waals surface area contributed by atoms with Gasteiger partial charge in [0.15, 0.2) is 16.3 Å². The summed E-state index contributed by atoms with van der Waals surface area (Å²) in [7, 11) is 0. The van der Waals surface area contributed by atoms with Crippen LogP contribution >= 0.6 is 0 Å². The minimum atomic E-state index is -0.145. The number of hydrogen-bond acceptors (Lipinski definition) is 3. The number of nitrogens with zero attached hydrogens (tertiary/aromatic N) is 1. The minimum Gasteiger partial charge on any atom is -0.306 e. The molecule has 0 saturated carbocycles. The lowest BCUT2D eigenvalue weighted by Crippen LogP contribution is -2.18. The normalized spacial score (nSPS) is 11.2. The summed E-state index contributed by atoms with van der Waals surface area (Å²) in [6.45, 7) is 8.00. The van der Waals surface area contributed by atoms with Gasteiger partial charge in [0.25, 0.3) is 0 Å². The molecule has 0 atom stereocenters. The first-order valence-corrected chi connectivity index (χ1v) is 10.0. The predicted molar refractivity (Wildman–Crippen MR) is 122 cm³/mol. The molecule has 4 heteroatoms. The SMILES string of the molecule is CC.CC.O=c1c2cccc3c(=O)c4cccc5c(=O)c6cccc1c6n(c23)c45. The molecule has 4 nitrogen and oxygen atoms in total. The third-order valence-corrected chi connectivity index (χ3v) is 5.25. The third-order valence-electron chi connectivity index (χ3n) is 5.25. The molecule has 6 aromatic rings. The number of rotatable bonds is 0. The van der Waals surface area contributed by atoms with Crippen LogP contribution in [0.4, 0.5) is 0 Å². The molecule has 3 aromatic heterocycles. The molecule has 0 aliphatic heterocycles. The van der Waals surface area contributed by atoms with E-state index in [1.54, 1.807) is 54.6 Å². The third kappa shape index (κ3) is 2.23. The molecule has 0 fully saturated rings. The van der Waals surface area contributed by atoms with Crippen molar-refractivity contribution in [2.24, 2.45) is 0 Å². The van der Waals surface area contributed by atoms with Gasteiger partial charge in [0, 0.05) is 32.3 Å². The average molecular weight is 383 g/mol. The first kappa shape index (κ1) is 18.8. The summed E-state index contributed by atoms with van der Waals surface area (Å²) in [4.78, 5) is 39.0. The molecule has 3 aromatic carbocycles. The summed E-state index contributed by atoms with van der Waals surface area (Å²) in [6.07, 6.45) is 0. The zero-order valence-electron chi connectivity index (χ0n) is 16.9. The highest BCUT2D eigenvalue weighted by molar-refractivity contribution is 6.15. The van der Waals surface area contributed by atoms with E-state index in [1.165, 1.54) is 0 Å². The lowest BCUT2D eigenvalue weighted by atomic mass is 9.98. The molecule has 0 unspecified atom stereocenters. The van der Waals surface area contributed by atoms with E-state index in [1.807, 2.05) is 32.1 Å². The number of para-hydroxylation sites is 3. The zero-order chi connectivity index (χ0) is 20.9. The fraction of sp³-hybridized carbons (Fsp3) is 0.160. The maximum absolute atomic E-state index is 13.0. The van der Waals surface area contributed by atoms with E-state index >= 15 is 0 Å². The van der Waals surface area contributed by atoms with Gasteiger partial charge < -0.3 is 4.40 Å². The summed E-state index contributed by atoms with van der Waals surface area (Å²) in [6, 6.07) is 15.7. The first-order chi connectivity index (χ1) is 14.2. The van der Waals surface area contributed by atoms with E-state index in [9.17, 15) is 14.4 Å². The van der Waals surface area contributed by atoms with Crippen LogP contribution in [0, 0.1) is 0 Å². The number of hydrogen-bond donors (Lipinski definition) is 0. The summed E-state index contributed by atoms with van der Waals surface area (Å²) in [5, 5.41) is 3.03. The van der Waals surface area contributed by atoms with Gasteiger partial charge in [-0.2, -0.15) is 0 Å².